The molecule has 0 atom stereocenters. The predicted molar refractivity (Wildman–Crippen MR) is 98.3 cm³/mol. The molecule has 0 aliphatic heterocycles. The molecule has 2 aromatic rings. The summed E-state index contributed by atoms with van der Waals surface area (Å²) in [6.45, 7) is -1.000. The summed E-state index contributed by atoms with van der Waals surface area (Å²) in [4.78, 5) is 21.2. The SMILES string of the molecule is COc1ccc([N+](=O)[O-])cc1N(CC(=O)O)S(=O)(=O)c1ccc(Cl)c(Cl)c1. The molecule has 12 heteroatoms. The van der Waals surface area contributed by atoms with E-state index in [4.69, 9.17) is 33.0 Å². The van der Waals surface area contributed by atoms with Crippen molar-refractivity contribution < 1.29 is 28.0 Å². The number of nitrogens with zero attached hydrogens (tertiary/aromatic N) is 2. The quantitative estimate of drug-likeness (QED) is 0.523. The van der Waals surface area contributed by atoms with Crippen LogP contribution in [0.3, 0.4) is 0 Å². The van der Waals surface area contributed by atoms with Crippen LogP contribution in [0.5, 0.6) is 5.75 Å². The Labute approximate surface area is 163 Å². The van der Waals surface area contributed by atoms with Gasteiger partial charge >= 0.3 is 5.97 Å². The number of sulfonamides is 1. The van der Waals surface area contributed by atoms with Crippen molar-refractivity contribution in [1.29, 1.82) is 0 Å². The Morgan fingerprint density at radius 3 is 2.41 bits per heavy atom. The predicted octanol–water partition coefficient (Wildman–Crippen LogP) is 3.19. The number of methoxy groups -OCH3 is 1. The molecule has 0 aromatic heterocycles. The number of aliphatic carboxylic acids is 1. The second-order valence-electron chi connectivity index (χ2n) is 5.09. The highest BCUT2D eigenvalue weighted by atomic mass is 35.5. The normalized spacial score (nSPS) is 11.1. The lowest BCUT2D eigenvalue weighted by Gasteiger charge is -2.24. The second-order valence-corrected chi connectivity index (χ2v) is 7.77. The number of hydrogen-bond donors (Lipinski definition) is 1. The van der Waals surface area contributed by atoms with Crippen molar-refractivity contribution in [3.63, 3.8) is 0 Å². The van der Waals surface area contributed by atoms with Gasteiger partial charge in [0.15, 0.2) is 0 Å². The Bertz CT molecular complexity index is 1010. The molecule has 0 bridgehead atoms. The molecule has 9 nitrogen and oxygen atoms in total. The first kappa shape index (κ1) is 20.7. The van der Waals surface area contributed by atoms with E-state index in [1.807, 2.05) is 0 Å². The molecule has 0 radical (unpaired) electrons. The third-order valence-corrected chi connectivity index (χ3v) is 5.89. The molecule has 0 aliphatic carbocycles. The van der Waals surface area contributed by atoms with Gasteiger partial charge in [-0.15, -0.1) is 0 Å². The van der Waals surface area contributed by atoms with Crippen LogP contribution in [0.15, 0.2) is 41.3 Å². The number of anilines is 1. The highest BCUT2D eigenvalue weighted by Gasteiger charge is 2.31. The van der Waals surface area contributed by atoms with E-state index in [-0.39, 0.29) is 26.4 Å². The molecular weight excluding hydrogens is 423 g/mol. The summed E-state index contributed by atoms with van der Waals surface area (Å²) in [6, 6.07) is 6.62. The van der Waals surface area contributed by atoms with Crippen molar-refractivity contribution in [3.05, 3.63) is 56.6 Å². The Morgan fingerprint density at radius 2 is 1.89 bits per heavy atom. The number of halogens is 2. The van der Waals surface area contributed by atoms with E-state index in [2.05, 4.69) is 0 Å². The van der Waals surface area contributed by atoms with Crippen molar-refractivity contribution in [2.24, 2.45) is 0 Å². The highest BCUT2D eigenvalue weighted by Crippen LogP contribution is 2.36. The largest absolute Gasteiger partial charge is 0.495 e. The monoisotopic (exact) mass is 434 g/mol. The van der Waals surface area contributed by atoms with Crippen LogP contribution in [-0.2, 0) is 14.8 Å². The lowest BCUT2D eigenvalue weighted by atomic mass is 10.2. The molecule has 0 saturated carbocycles. The number of hydrogen-bond acceptors (Lipinski definition) is 6. The number of nitro groups is 1. The minimum Gasteiger partial charge on any atom is -0.495 e. The summed E-state index contributed by atoms with van der Waals surface area (Å²) in [5.41, 5.74) is -0.745. The molecule has 0 fully saturated rings. The van der Waals surface area contributed by atoms with Crippen LogP contribution in [0.2, 0.25) is 10.0 Å². The standard InChI is InChI=1S/C15H12Cl2N2O7S/c1-26-14-5-2-9(19(22)23)6-13(14)18(8-15(20)21)27(24,25)10-3-4-11(16)12(17)7-10/h2-7H,8H2,1H3,(H,20,21). The molecule has 0 saturated heterocycles. The molecule has 0 amide bonds. The van der Waals surface area contributed by atoms with Crippen LogP contribution >= 0.6 is 23.2 Å². The third kappa shape index (κ3) is 4.41. The number of carbonyl (C=O) groups is 1. The van der Waals surface area contributed by atoms with Crippen LogP contribution in [0.1, 0.15) is 0 Å². The second kappa shape index (κ2) is 7.99. The van der Waals surface area contributed by atoms with Gasteiger partial charge in [0.1, 0.15) is 18.0 Å². The summed E-state index contributed by atoms with van der Waals surface area (Å²) < 4.78 is 31.6. The van der Waals surface area contributed by atoms with Crippen LogP contribution in [0, 0.1) is 10.1 Å². The maximum atomic E-state index is 13.0. The molecular formula is C15H12Cl2N2O7S. The van der Waals surface area contributed by atoms with Gasteiger partial charge in [-0.05, 0) is 24.3 Å². The molecule has 2 aromatic carbocycles. The van der Waals surface area contributed by atoms with Gasteiger partial charge in [0.2, 0.25) is 0 Å². The fourth-order valence-corrected chi connectivity index (χ4v) is 3.98. The molecule has 0 heterocycles. The number of ether oxygens (including phenoxy) is 1. The van der Waals surface area contributed by atoms with Crippen LogP contribution < -0.4 is 9.04 Å². The average molecular weight is 435 g/mol. The zero-order valence-electron chi connectivity index (χ0n) is 13.6. The number of nitro benzene ring substituents is 1. The molecule has 144 valence electrons. The van der Waals surface area contributed by atoms with E-state index in [9.17, 15) is 23.3 Å². The van der Waals surface area contributed by atoms with Crippen molar-refractivity contribution >= 4 is 50.6 Å². The Hall–Kier alpha value is -2.56. The van der Waals surface area contributed by atoms with E-state index >= 15 is 0 Å². The van der Waals surface area contributed by atoms with Crippen LogP contribution in [0.4, 0.5) is 11.4 Å². The van der Waals surface area contributed by atoms with Crippen LogP contribution in [0.25, 0.3) is 0 Å². The van der Waals surface area contributed by atoms with Gasteiger partial charge in [0.05, 0.1) is 27.0 Å². The van der Waals surface area contributed by atoms with Gasteiger partial charge in [0.25, 0.3) is 15.7 Å². The summed E-state index contributed by atoms with van der Waals surface area (Å²) >= 11 is 11.6. The van der Waals surface area contributed by atoms with E-state index in [1.54, 1.807) is 0 Å². The van der Waals surface area contributed by atoms with Gasteiger partial charge in [-0.25, -0.2) is 8.42 Å². The maximum Gasteiger partial charge on any atom is 0.324 e. The van der Waals surface area contributed by atoms with Crippen LogP contribution in [-0.4, -0.2) is 38.1 Å². The molecule has 2 rings (SSSR count). The molecule has 0 spiro atoms. The highest BCUT2D eigenvalue weighted by molar-refractivity contribution is 7.92. The molecule has 27 heavy (non-hydrogen) atoms. The van der Waals surface area contributed by atoms with E-state index < -0.39 is 33.1 Å². The zero-order chi connectivity index (χ0) is 20.4. The van der Waals surface area contributed by atoms with Gasteiger partial charge < -0.3 is 9.84 Å². The summed E-state index contributed by atoms with van der Waals surface area (Å²) in [6.07, 6.45) is 0. The number of benzene rings is 2. The number of carboxylic acids is 1. The topological polar surface area (TPSA) is 127 Å². The Kier molecular flexibility index (Phi) is 6.14. The third-order valence-electron chi connectivity index (χ3n) is 3.40. The fraction of sp³-hybridized carbons (Fsp3) is 0.133. The zero-order valence-corrected chi connectivity index (χ0v) is 16.0. The minimum absolute atomic E-state index is 0.0565. The molecule has 0 unspecified atom stereocenters. The average Bonchev–Trinajstić information content (AvgIpc) is 2.61. The minimum atomic E-state index is -4.46. The first-order chi connectivity index (χ1) is 12.6. The van der Waals surface area contributed by atoms with Crippen molar-refractivity contribution in [3.8, 4) is 5.75 Å². The molecule has 0 aliphatic rings. The summed E-state index contributed by atoms with van der Waals surface area (Å²) in [5.74, 6) is -1.54. The Balaban J connectivity index is 2.71. The van der Waals surface area contributed by atoms with Crippen molar-refractivity contribution in [1.82, 2.24) is 0 Å². The van der Waals surface area contributed by atoms with Gasteiger partial charge in [-0.3, -0.25) is 19.2 Å². The lowest BCUT2D eigenvalue weighted by Crippen LogP contribution is -2.36. The Morgan fingerprint density at radius 1 is 1.22 bits per heavy atom. The first-order valence-electron chi connectivity index (χ1n) is 7.10. The van der Waals surface area contributed by atoms with Gasteiger partial charge in [0, 0.05) is 12.1 Å². The van der Waals surface area contributed by atoms with E-state index in [0.717, 1.165) is 24.3 Å². The van der Waals surface area contributed by atoms with Gasteiger partial charge in [-0.2, -0.15) is 0 Å². The first-order valence-corrected chi connectivity index (χ1v) is 9.29. The number of carboxylic acid groups (broad SMARTS) is 1. The van der Waals surface area contributed by atoms with Crippen molar-refractivity contribution in [2.75, 3.05) is 18.0 Å². The van der Waals surface area contributed by atoms with E-state index in [1.165, 1.54) is 19.2 Å². The smallest absolute Gasteiger partial charge is 0.324 e. The summed E-state index contributed by atoms with van der Waals surface area (Å²) in [5, 5.41) is 20.3. The number of non-ortho nitro benzene ring substituents is 1. The number of rotatable bonds is 7. The lowest BCUT2D eigenvalue weighted by molar-refractivity contribution is -0.384. The fourth-order valence-electron chi connectivity index (χ4n) is 2.17. The van der Waals surface area contributed by atoms with Crippen molar-refractivity contribution in [2.45, 2.75) is 4.90 Å². The van der Waals surface area contributed by atoms with E-state index in [0.29, 0.717) is 4.31 Å². The maximum absolute atomic E-state index is 13.0. The summed E-state index contributed by atoms with van der Waals surface area (Å²) in [7, 11) is -3.24. The molecule has 1 N–H and O–H groups in total. The van der Waals surface area contributed by atoms with Gasteiger partial charge in [-0.1, -0.05) is 23.2 Å².